The van der Waals surface area contributed by atoms with Crippen molar-refractivity contribution in [2.24, 2.45) is 0 Å². The molecule has 0 bridgehead atoms. The van der Waals surface area contributed by atoms with Crippen molar-refractivity contribution in [3.05, 3.63) is 58.1 Å². The molecule has 2 amide bonds. The monoisotopic (exact) mass is 478 g/mol. The van der Waals surface area contributed by atoms with Crippen LogP contribution < -0.4 is 14.8 Å². The molecular formula is C24H28Cl2N2O4. The van der Waals surface area contributed by atoms with E-state index in [0.717, 1.165) is 31.5 Å². The van der Waals surface area contributed by atoms with Gasteiger partial charge in [0.15, 0.2) is 12.7 Å². The number of hydrogen-bond acceptors (Lipinski definition) is 4. The molecule has 0 aromatic heterocycles. The van der Waals surface area contributed by atoms with Gasteiger partial charge in [-0.05, 0) is 50.5 Å². The first-order valence-corrected chi connectivity index (χ1v) is 11.6. The zero-order chi connectivity index (χ0) is 23.1. The molecule has 1 aliphatic heterocycles. The minimum Gasteiger partial charge on any atom is -0.483 e. The molecule has 172 valence electrons. The standard InChI is InChI=1S/C24H28Cl2N2O4/c1-3-20(27-24(30)16(2)32-22-11-10-17(25)14-19(22)26)18-8-4-5-9-21(18)31-15-23(29)28-12-6-7-13-28/h4-5,8-11,14,16,20H,3,6-7,12-13,15H2,1-2H3,(H,27,30). The first kappa shape index (κ1) is 24.2. The summed E-state index contributed by atoms with van der Waals surface area (Å²) in [5, 5.41) is 3.84. The van der Waals surface area contributed by atoms with E-state index in [1.54, 1.807) is 25.1 Å². The van der Waals surface area contributed by atoms with Crippen molar-refractivity contribution in [2.75, 3.05) is 19.7 Å². The maximum absolute atomic E-state index is 12.8. The number of ether oxygens (including phenoxy) is 2. The Morgan fingerprint density at radius 2 is 1.81 bits per heavy atom. The minimum absolute atomic E-state index is 0.0174. The maximum Gasteiger partial charge on any atom is 0.261 e. The van der Waals surface area contributed by atoms with Crippen LogP contribution in [-0.2, 0) is 9.59 Å². The third-order valence-corrected chi connectivity index (χ3v) is 5.93. The van der Waals surface area contributed by atoms with Gasteiger partial charge in [-0.3, -0.25) is 9.59 Å². The van der Waals surface area contributed by atoms with E-state index in [-0.39, 0.29) is 24.5 Å². The molecule has 2 unspecified atom stereocenters. The molecule has 1 fully saturated rings. The number of likely N-dealkylation sites (tertiary alicyclic amines) is 1. The summed E-state index contributed by atoms with van der Waals surface area (Å²) in [7, 11) is 0. The average molecular weight is 479 g/mol. The second kappa shape index (κ2) is 11.4. The van der Waals surface area contributed by atoms with Crippen molar-refractivity contribution in [3.63, 3.8) is 0 Å². The number of carbonyl (C=O) groups excluding carboxylic acids is 2. The predicted molar refractivity (Wildman–Crippen MR) is 125 cm³/mol. The molecule has 1 N–H and O–H groups in total. The Bertz CT molecular complexity index is 947. The number of para-hydroxylation sites is 1. The Hall–Kier alpha value is -2.44. The maximum atomic E-state index is 12.8. The van der Waals surface area contributed by atoms with E-state index in [9.17, 15) is 9.59 Å². The zero-order valence-corrected chi connectivity index (χ0v) is 19.8. The van der Waals surface area contributed by atoms with Crippen molar-refractivity contribution >= 4 is 35.0 Å². The molecule has 32 heavy (non-hydrogen) atoms. The van der Waals surface area contributed by atoms with Crippen LogP contribution in [0.4, 0.5) is 0 Å². The molecule has 6 nitrogen and oxygen atoms in total. The Balaban J connectivity index is 1.64. The summed E-state index contributed by atoms with van der Waals surface area (Å²) in [6.07, 6.45) is 1.94. The van der Waals surface area contributed by atoms with Crippen molar-refractivity contribution in [2.45, 2.75) is 45.3 Å². The van der Waals surface area contributed by atoms with Crippen molar-refractivity contribution < 1.29 is 19.1 Å². The van der Waals surface area contributed by atoms with Gasteiger partial charge in [0.1, 0.15) is 11.5 Å². The Morgan fingerprint density at radius 1 is 1.09 bits per heavy atom. The van der Waals surface area contributed by atoms with E-state index in [1.807, 2.05) is 36.1 Å². The first-order chi connectivity index (χ1) is 15.4. The van der Waals surface area contributed by atoms with Crippen LogP contribution >= 0.6 is 23.2 Å². The van der Waals surface area contributed by atoms with Crippen LogP contribution in [0.2, 0.25) is 10.0 Å². The Kier molecular flexibility index (Phi) is 8.65. The van der Waals surface area contributed by atoms with Crippen LogP contribution in [0.1, 0.15) is 44.7 Å². The van der Waals surface area contributed by atoms with Gasteiger partial charge in [-0.2, -0.15) is 0 Å². The number of hydrogen-bond donors (Lipinski definition) is 1. The number of benzene rings is 2. The highest BCUT2D eigenvalue weighted by atomic mass is 35.5. The Labute approximate surface area is 198 Å². The quantitative estimate of drug-likeness (QED) is 0.548. The lowest BCUT2D eigenvalue weighted by Crippen LogP contribution is -2.38. The van der Waals surface area contributed by atoms with Gasteiger partial charge in [-0.1, -0.05) is 48.3 Å². The molecular weight excluding hydrogens is 451 g/mol. The third kappa shape index (κ3) is 6.30. The van der Waals surface area contributed by atoms with Gasteiger partial charge < -0.3 is 19.7 Å². The van der Waals surface area contributed by atoms with Crippen LogP contribution in [-0.4, -0.2) is 42.5 Å². The summed E-state index contributed by atoms with van der Waals surface area (Å²) in [5.41, 5.74) is 0.814. The molecule has 3 rings (SSSR count). The van der Waals surface area contributed by atoms with Gasteiger partial charge in [0.05, 0.1) is 11.1 Å². The molecule has 8 heteroatoms. The second-order valence-electron chi connectivity index (χ2n) is 7.72. The lowest BCUT2D eigenvalue weighted by molar-refractivity contribution is -0.132. The van der Waals surface area contributed by atoms with E-state index in [2.05, 4.69) is 5.32 Å². The predicted octanol–water partition coefficient (Wildman–Crippen LogP) is 5.03. The van der Waals surface area contributed by atoms with Gasteiger partial charge in [0.25, 0.3) is 11.8 Å². The fourth-order valence-electron chi connectivity index (χ4n) is 3.60. The van der Waals surface area contributed by atoms with Crippen LogP contribution in [0.15, 0.2) is 42.5 Å². The number of nitrogens with zero attached hydrogens (tertiary/aromatic N) is 1. The number of halogens is 2. The normalized spacial score (nSPS) is 15.2. The fraction of sp³-hybridized carbons (Fsp3) is 0.417. The average Bonchev–Trinajstić information content (AvgIpc) is 3.33. The van der Waals surface area contributed by atoms with Crippen LogP contribution in [0.3, 0.4) is 0 Å². The molecule has 0 spiro atoms. The summed E-state index contributed by atoms with van der Waals surface area (Å²) in [6, 6.07) is 12.0. The molecule has 0 saturated carbocycles. The SMILES string of the molecule is CCC(NC(=O)C(C)Oc1ccc(Cl)cc1Cl)c1ccccc1OCC(=O)N1CCCC1. The molecule has 0 radical (unpaired) electrons. The van der Waals surface area contributed by atoms with E-state index in [4.69, 9.17) is 32.7 Å². The molecule has 2 atom stereocenters. The van der Waals surface area contributed by atoms with E-state index < -0.39 is 6.10 Å². The molecule has 0 aliphatic carbocycles. The molecule has 1 saturated heterocycles. The van der Waals surface area contributed by atoms with E-state index >= 15 is 0 Å². The summed E-state index contributed by atoms with van der Waals surface area (Å²) < 4.78 is 11.6. The molecule has 2 aromatic rings. The number of carbonyl (C=O) groups is 2. The summed E-state index contributed by atoms with van der Waals surface area (Å²) >= 11 is 12.1. The van der Waals surface area contributed by atoms with Crippen molar-refractivity contribution in [3.8, 4) is 11.5 Å². The van der Waals surface area contributed by atoms with Gasteiger partial charge in [0.2, 0.25) is 0 Å². The van der Waals surface area contributed by atoms with Crippen LogP contribution in [0.5, 0.6) is 11.5 Å². The minimum atomic E-state index is -0.771. The topological polar surface area (TPSA) is 67.9 Å². The third-order valence-electron chi connectivity index (χ3n) is 5.40. The van der Waals surface area contributed by atoms with Crippen molar-refractivity contribution in [1.29, 1.82) is 0 Å². The summed E-state index contributed by atoms with van der Waals surface area (Å²) in [6.45, 7) is 5.18. The first-order valence-electron chi connectivity index (χ1n) is 10.8. The van der Waals surface area contributed by atoms with E-state index in [1.165, 1.54) is 0 Å². The van der Waals surface area contributed by atoms with Gasteiger partial charge in [-0.25, -0.2) is 0 Å². The Morgan fingerprint density at radius 3 is 2.50 bits per heavy atom. The highest BCUT2D eigenvalue weighted by Gasteiger charge is 2.23. The summed E-state index contributed by atoms with van der Waals surface area (Å²) in [5.74, 6) is 0.666. The van der Waals surface area contributed by atoms with Gasteiger partial charge >= 0.3 is 0 Å². The lowest BCUT2D eigenvalue weighted by Gasteiger charge is -2.23. The number of amides is 2. The molecule has 1 heterocycles. The molecule has 1 aliphatic rings. The zero-order valence-electron chi connectivity index (χ0n) is 18.3. The fourth-order valence-corrected chi connectivity index (χ4v) is 4.05. The highest BCUT2D eigenvalue weighted by Crippen LogP contribution is 2.30. The van der Waals surface area contributed by atoms with Crippen LogP contribution in [0.25, 0.3) is 0 Å². The van der Waals surface area contributed by atoms with Crippen LogP contribution in [0, 0.1) is 0 Å². The second-order valence-corrected chi connectivity index (χ2v) is 8.56. The smallest absolute Gasteiger partial charge is 0.261 e. The van der Waals surface area contributed by atoms with Gasteiger partial charge in [0, 0.05) is 23.7 Å². The summed E-state index contributed by atoms with van der Waals surface area (Å²) in [4.78, 5) is 27.0. The number of rotatable bonds is 9. The van der Waals surface area contributed by atoms with Crippen molar-refractivity contribution in [1.82, 2.24) is 10.2 Å². The largest absolute Gasteiger partial charge is 0.483 e. The highest BCUT2D eigenvalue weighted by molar-refractivity contribution is 6.35. The lowest BCUT2D eigenvalue weighted by atomic mass is 10.0. The van der Waals surface area contributed by atoms with Gasteiger partial charge in [-0.15, -0.1) is 0 Å². The molecule has 2 aromatic carbocycles. The van der Waals surface area contributed by atoms with E-state index in [0.29, 0.717) is 28.0 Å². The number of nitrogens with one attached hydrogen (secondary N) is 1.